The maximum atomic E-state index is 15.0. The highest BCUT2D eigenvalue weighted by molar-refractivity contribution is 5.49. The second-order valence-corrected chi connectivity index (χ2v) is 10.4. The smallest absolute Gasteiger partial charge is 0.171 e. The fourth-order valence-corrected chi connectivity index (χ4v) is 5.66. The van der Waals surface area contributed by atoms with Crippen LogP contribution in [0.5, 0.6) is 23.0 Å². The van der Waals surface area contributed by atoms with Crippen molar-refractivity contribution < 1.29 is 24.1 Å². The van der Waals surface area contributed by atoms with Crippen LogP contribution in [0.25, 0.3) is 0 Å². The Kier molecular flexibility index (Phi) is 6.80. The van der Waals surface area contributed by atoms with Crippen LogP contribution in [0.4, 0.5) is 4.39 Å². The maximum Gasteiger partial charge on any atom is 0.171 e. The van der Waals surface area contributed by atoms with E-state index in [1.807, 2.05) is 43.3 Å². The molecular formula is C30H34FNO4. The van der Waals surface area contributed by atoms with Crippen LogP contribution in [0.2, 0.25) is 0 Å². The van der Waals surface area contributed by atoms with Gasteiger partial charge in [0.25, 0.3) is 0 Å². The van der Waals surface area contributed by atoms with Crippen LogP contribution < -0.4 is 9.47 Å². The number of aromatic hydroxyl groups is 2. The van der Waals surface area contributed by atoms with Gasteiger partial charge in [0.15, 0.2) is 11.6 Å². The Labute approximate surface area is 212 Å². The van der Waals surface area contributed by atoms with Crippen molar-refractivity contribution in [2.75, 3.05) is 26.2 Å². The predicted molar refractivity (Wildman–Crippen MR) is 137 cm³/mol. The van der Waals surface area contributed by atoms with Crippen molar-refractivity contribution in [2.24, 2.45) is 11.8 Å². The number of phenols is 2. The average molecular weight is 492 g/mol. The first-order chi connectivity index (χ1) is 17.3. The van der Waals surface area contributed by atoms with Crippen molar-refractivity contribution in [3.63, 3.8) is 0 Å². The van der Waals surface area contributed by atoms with Crippen LogP contribution in [-0.4, -0.2) is 41.4 Å². The molecule has 0 unspecified atom stereocenters. The molecule has 0 saturated carbocycles. The summed E-state index contributed by atoms with van der Waals surface area (Å²) in [5, 5.41) is 19.8. The summed E-state index contributed by atoms with van der Waals surface area (Å²) in [6.07, 6.45) is -0.373. The van der Waals surface area contributed by atoms with E-state index < -0.39 is 5.82 Å². The van der Waals surface area contributed by atoms with E-state index in [1.54, 1.807) is 18.2 Å². The van der Waals surface area contributed by atoms with E-state index in [1.165, 1.54) is 6.07 Å². The number of fused-ring (bicyclic) bond motifs is 1. The number of rotatable bonds is 6. The summed E-state index contributed by atoms with van der Waals surface area (Å²) in [6, 6.07) is 17.8. The Morgan fingerprint density at radius 1 is 0.889 bits per heavy atom. The molecule has 1 fully saturated rings. The van der Waals surface area contributed by atoms with E-state index in [4.69, 9.17) is 9.47 Å². The van der Waals surface area contributed by atoms with E-state index in [0.717, 1.165) is 48.3 Å². The Morgan fingerprint density at radius 2 is 1.53 bits per heavy atom. The second-order valence-electron chi connectivity index (χ2n) is 10.4. The lowest BCUT2D eigenvalue weighted by atomic mass is 9.75. The second kappa shape index (κ2) is 10.0. The summed E-state index contributed by atoms with van der Waals surface area (Å²) < 4.78 is 27.3. The first-order valence-electron chi connectivity index (χ1n) is 12.7. The molecule has 3 aromatic rings. The van der Waals surface area contributed by atoms with Gasteiger partial charge in [-0.3, -0.25) is 4.90 Å². The zero-order valence-corrected chi connectivity index (χ0v) is 21.0. The molecule has 5 nitrogen and oxygen atoms in total. The maximum absolute atomic E-state index is 15.0. The van der Waals surface area contributed by atoms with Crippen LogP contribution in [0.3, 0.4) is 0 Å². The van der Waals surface area contributed by atoms with Crippen LogP contribution in [-0.2, 0) is 0 Å². The third kappa shape index (κ3) is 4.74. The fraction of sp³-hybridized carbons (Fsp3) is 0.400. The van der Waals surface area contributed by atoms with Gasteiger partial charge < -0.3 is 19.7 Å². The average Bonchev–Trinajstić information content (AvgIpc) is 3.19. The molecule has 2 aliphatic rings. The highest BCUT2D eigenvalue weighted by Crippen LogP contribution is 2.52. The summed E-state index contributed by atoms with van der Waals surface area (Å²) >= 11 is 0. The lowest BCUT2D eigenvalue weighted by molar-refractivity contribution is 0.133. The molecule has 1 saturated heterocycles. The van der Waals surface area contributed by atoms with Gasteiger partial charge in [-0.25, -0.2) is 4.39 Å². The zero-order chi connectivity index (χ0) is 25.4. The van der Waals surface area contributed by atoms with Gasteiger partial charge in [0.1, 0.15) is 30.0 Å². The monoisotopic (exact) mass is 491 g/mol. The van der Waals surface area contributed by atoms with Crippen molar-refractivity contribution in [1.82, 2.24) is 4.90 Å². The van der Waals surface area contributed by atoms with Gasteiger partial charge in [-0.2, -0.15) is 0 Å². The summed E-state index contributed by atoms with van der Waals surface area (Å²) in [5.74, 6) is 1.35. The molecular weight excluding hydrogens is 457 g/mol. The molecule has 0 aromatic heterocycles. The standard InChI is InChI=1S/C30H34FNO4/c1-18-16-32(17-19(18)2)14-15-35-24-10-6-22(7-11-24)30-27(21-4-8-23(33)9-5-21)20(3)28-26(36-30)13-12-25(34)29(28)31/h4-13,18-20,27,30,33-34H,14-17H2,1-3H3/t18-,19+,20-,27+,30-/m0/s1. The minimum atomic E-state index is -0.646. The molecule has 0 radical (unpaired) electrons. The summed E-state index contributed by atoms with van der Waals surface area (Å²) in [5.41, 5.74) is 2.25. The Morgan fingerprint density at radius 3 is 2.19 bits per heavy atom. The van der Waals surface area contributed by atoms with E-state index >= 15 is 0 Å². The molecule has 2 heterocycles. The highest BCUT2D eigenvalue weighted by atomic mass is 19.1. The number of hydrogen-bond acceptors (Lipinski definition) is 5. The van der Waals surface area contributed by atoms with Gasteiger partial charge in [-0.05, 0) is 65.3 Å². The first-order valence-corrected chi connectivity index (χ1v) is 12.7. The molecule has 0 spiro atoms. The minimum absolute atomic E-state index is 0.170. The van der Waals surface area contributed by atoms with Gasteiger partial charge >= 0.3 is 0 Å². The molecule has 2 N–H and O–H groups in total. The van der Waals surface area contributed by atoms with Crippen molar-refractivity contribution in [2.45, 2.75) is 38.7 Å². The van der Waals surface area contributed by atoms with Crippen LogP contribution in [0.15, 0.2) is 60.7 Å². The molecule has 0 bridgehead atoms. The summed E-state index contributed by atoms with van der Waals surface area (Å²) in [4.78, 5) is 2.46. The number of likely N-dealkylation sites (tertiary alicyclic amines) is 1. The number of hydrogen-bond donors (Lipinski definition) is 2. The normalized spacial score (nSPS) is 25.8. The summed E-state index contributed by atoms with van der Waals surface area (Å²) in [6.45, 7) is 10.4. The topological polar surface area (TPSA) is 62.2 Å². The SMILES string of the molecule is C[C@@H]1CN(CCOc2ccc([C@@H]3Oc4ccc(O)c(F)c4[C@@H](C)[C@@H]3c3ccc(O)cc3)cc2)C[C@@H]1C. The number of halogens is 1. The first kappa shape index (κ1) is 24.4. The van der Waals surface area contributed by atoms with Crippen molar-refractivity contribution in [1.29, 1.82) is 0 Å². The molecule has 0 amide bonds. The lowest BCUT2D eigenvalue weighted by Crippen LogP contribution is -2.28. The Balaban J connectivity index is 1.37. The molecule has 190 valence electrons. The van der Waals surface area contributed by atoms with Crippen LogP contribution in [0.1, 0.15) is 55.4 Å². The van der Waals surface area contributed by atoms with E-state index in [9.17, 15) is 14.6 Å². The minimum Gasteiger partial charge on any atom is -0.508 e. The van der Waals surface area contributed by atoms with Crippen molar-refractivity contribution in [3.05, 3.63) is 83.2 Å². The predicted octanol–water partition coefficient (Wildman–Crippen LogP) is 6.22. The number of phenolic OH excluding ortho intramolecular Hbond substituents is 2. The van der Waals surface area contributed by atoms with Gasteiger partial charge in [0, 0.05) is 31.1 Å². The van der Waals surface area contributed by atoms with Gasteiger partial charge in [-0.15, -0.1) is 0 Å². The van der Waals surface area contributed by atoms with E-state index in [-0.39, 0.29) is 29.4 Å². The zero-order valence-electron chi connectivity index (χ0n) is 21.0. The number of ether oxygens (including phenoxy) is 2. The third-order valence-corrected chi connectivity index (χ3v) is 7.92. The third-order valence-electron chi connectivity index (χ3n) is 7.92. The fourth-order valence-electron chi connectivity index (χ4n) is 5.66. The molecule has 6 heteroatoms. The lowest BCUT2D eigenvalue weighted by Gasteiger charge is -2.39. The van der Waals surface area contributed by atoms with E-state index in [0.29, 0.717) is 17.9 Å². The molecule has 0 aliphatic carbocycles. The number of benzene rings is 3. The Bertz CT molecular complexity index is 1190. The quantitative estimate of drug-likeness (QED) is 0.428. The largest absolute Gasteiger partial charge is 0.508 e. The van der Waals surface area contributed by atoms with E-state index in [2.05, 4.69) is 18.7 Å². The van der Waals surface area contributed by atoms with Crippen LogP contribution >= 0.6 is 0 Å². The van der Waals surface area contributed by atoms with Gasteiger partial charge in [0.05, 0.1) is 0 Å². The Hall–Kier alpha value is -3.25. The summed E-state index contributed by atoms with van der Waals surface area (Å²) in [7, 11) is 0. The van der Waals surface area contributed by atoms with Crippen molar-refractivity contribution >= 4 is 0 Å². The van der Waals surface area contributed by atoms with Crippen molar-refractivity contribution in [3.8, 4) is 23.0 Å². The molecule has 2 aliphatic heterocycles. The molecule has 5 atom stereocenters. The molecule has 5 rings (SSSR count). The molecule has 3 aromatic carbocycles. The highest BCUT2D eigenvalue weighted by Gasteiger charge is 2.40. The number of nitrogens with zero attached hydrogens (tertiary/aromatic N) is 1. The van der Waals surface area contributed by atoms with Gasteiger partial charge in [-0.1, -0.05) is 45.0 Å². The van der Waals surface area contributed by atoms with Gasteiger partial charge in [0.2, 0.25) is 0 Å². The molecule has 36 heavy (non-hydrogen) atoms. The van der Waals surface area contributed by atoms with Crippen LogP contribution in [0, 0.1) is 17.7 Å².